The van der Waals surface area contributed by atoms with E-state index < -0.39 is 10.0 Å². The van der Waals surface area contributed by atoms with Crippen LogP contribution in [0.1, 0.15) is 48.2 Å². The van der Waals surface area contributed by atoms with Gasteiger partial charge in [-0.15, -0.1) is 0 Å². The van der Waals surface area contributed by atoms with Crippen LogP contribution in [0.2, 0.25) is 0 Å². The number of nitrogens with one attached hydrogen (secondary N) is 1. The van der Waals surface area contributed by atoms with E-state index in [0.29, 0.717) is 30.8 Å². The average Bonchev–Trinajstić information content (AvgIpc) is 3.40. The molecule has 1 aliphatic rings. The molecule has 2 heterocycles. The smallest absolute Gasteiger partial charge is 0.264 e. The molecule has 4 aromatic carbocycles. The normalized spacial score (nSPS) is 14.0. The van der Waals surface area contributed by atoms with E-state index in [4.69, 9.17) is 16.1 Å². The van der Waals surface area contributed by atoms with E-state index in [0.717, 1.165) is 54.0 Å². The first-order valence-corrected chi connectivity index (χ1v) is 17.1. The van der Waals surface area contributed by atoms with E-state index in [-0.39, 0.29) is 10.7 Å². The zero-order chi connectivity index (χ0) is 31.2. The first-order chi connectivity index (χ1) is 21.9. The van der Waals surface area contributed by atoms with Crippen molar-refractivity contribution >= 4 is 32.6 Å². The van der Waals surface area contributed by atoms with Crippen LogP contribution < -0.4 is 10.0 Å². The molecule has 0 radical (unpaired) electrons. The number of nitrogens with zero attached hydrogens (tertiary/aromatic N) is 4. The number of piperidine rings is 1. The Kier molecular flexibility index (Phi) is 9.28. The number of amidine groups is 1. The number of nitrogens with two attached hydrogens (primary N) is 1. The zero-order valence-electron chi connectivity index (χ0n) is 25.5. The highest BCUT2D eigenvalue weighted by atomic mass is 32.2. The Hall–Kier alpha value is -4.47. The lowest BCUT2D eigenvalue weighted by Gasteiger charge is -2.29. The number of rotatable bonds is 12. The zero-order valence-corrected chi connectivity index (χ0v) is 26.3. The second-order valence-electron chi connectivity index (χ2n) is 11.7. The molecule has 1 fully saturated rings. The molecular formula is C36H40N6O2S. The van der Waals surface area contributed by atoms with E-state index >= 15 is 0 Å². The molecule has 1 saturated heterocycles. The molecule has 8 nitrogen and oxygen atoms in total. The Morgan fingerprint density at radius 3 is 2.22 bits per heavy atom. The summed E-state index contributed by atoms with van der Waals surface area (Å²) in [6.45, 7) is 4.06. The molecule has 1 aromatic heterocycles. The molecule has 6 rings (SSSR count). The van der Waals surface area contributed by atoms with Crippen LogP contribution >= 0.6 is 0 Å². The number of aromatic nitrogens is 2. The molecule has 0 spiro atoms. The summed E-state index contributed by atoms with van der Waals surface area (Å²) >= 11 is 0. The van der Waals surface area contributed by atoms with Gasteiger partial charge in [-0.1, -0.05) is 79.2 Å². The molecule has 0 atom stereocenters. The topological polar surface area (TPSA) is 108 Å². The molecule has 45 heavy (non-hydrogen) atoms. The molecule has 0 aliphatic carbocycles. The van der Waals surface area contributed by atoms with Crippen molar-refractivity contribution in [2.75, 3.05) is 30.5 Å². The van der Waals surface area contributed by atoms with Crippen LogP contribution in [0, 0.1) is 5.41 Å². The summed E-state index contributed by atoms with van der Waals surface area (Å²) in [6.07, 6.45) is 5.01. The molecule has 232 valence electrons. The third-order valence-electron chi connectivity index (χ3n) is 8.52. The van der Waals surface area contributed by atoms with Crippen LogP contribution in [0.4, 0.5) is 5.69 Å². The Morgan fingerprint density at radius 2 is 1.53 bits per heavy atom. The van der Waals surface area contributed by atoms with Crippen molar-refractivity contribution in [3.05, 3.63) is 126 Å². The van der Waals surface area contributed by atoms with Crippen molar-refractivity contribution in [2.24, 2.45) is 5.73 Å². The third-order valence-corrected chi connectivity index (χ3v) is 10.4. The maximum atomic E-state index is 14.0. The maximum Gasteiger partial charge on any atom is 0.264 e. The monoisotopic (exact) mass is 620 g/mol. The lowest BCUT2D eigenvalue weighted by Crippen LogP contribution is -2.36. The van der Waals surface area contributed by atoms with E-state index in [1.54, 1.807) is 28.6 Å². The maximum absolute atomic E-state index is 14.0. The molecule has 0 saturated carbocycles. The minimum Gasteiger partial charge on any atom is -0.384 e. The summed E-state index contributed by atoms with van der Waals surface area (Å²) in [5, 5.41) is 7.72. The Balaban J connectivity index is 1.36. The van der Waals surface area contributed by atoms with Gasteiger partial charge in [-0.25, -0.2) is 13.4 Å². The first-order valence-electron chi connectivity index (χ1n) is 15.6. The summed E-state index contributed by atoms with van der Waals surface area (Å²) < 4.78 is 31.9. The number of sulfonamides is 1. The van der Waals surface area contributed by atoms with E-state index in [1.807, 2.05) is 66.7 Å². The molecule has 0 unspecified atom stereocenters. The van der Waals surface area contributed by atoms with Crippen molar-refractivity contribution < 1.29 is 8.42 Å². The molecule has 0 bridgehead atoms. The second-order valence-corrected chi connectivity index (χ2v) is 13.6. The largest absolute Gasteiger partial charge is 0.384 e. The Bertz CT molecular complexity index is 1850. The standard InChI is InChI=1S/C36H40N6O2S/c37-36(38)30-17-15-28(16-18-30)25-35-39-33-26-31(19-20-34(33)41(35)27-29-11-4-1-5-12-29)42(24-10-23-40-21-8-3-9-22-40)45(43,44)32-13-6-2-7-14-32/h1-2,4-7,11-20,26H,3,8-10,21-25,27H2,(H3,37,38). The third kappa shape index (κ3) is 7.10. The SMILES string of the molecule is N=C(N)c1ccc(Cc2nc3cc(N(CCCN4CCCCC4)S(=O)(=O)c4ccccc4)ccc3n2Cc2ccccc2)cc1. The highest BCUT2D eigenvalue weighted by Crippen LogP contribution is 2.29. The number of nitrogen functional groups attached to an aromatic ring is 1. The molecule has 0 amide bonds. The van der Waals surface area contributed by atoms with Gasteiger partial charge in [0, 0.05) is 25.1 Å². The summed E-state index contributed by atoms with van der Waals surface area (Å²) in [5.41, 5.74) is 10.9. The highest BCUT2D eigenvalue weighted by molar-refractivity contribution is 7.92. The van der Waals surface area contributed by atoms with Crippen LogP contribution in [0.25, 0.3) is 11.0 Å². The van der Waals surface area contributed by atoms with Crippen LogP contribution in [0.5, 0.6) is 0 Å². The van der Waals surface area contributed by atoms with Gasteiger partial charge in [0.2, 0.25) is 0 Å². The number of hydrogen-bond donors (Lipinski definition) is 2. The number of anilines is 1. The fourth-order valence-corrected chi connectivity index (χ4v) is 7.63. The number of fused-ring (bicyclic) bond motifs is 1. The van der Waals surface area contributed by atoms with Gasteiger partial charge in [-0.05, 0) is 80.4 Å². The first kappa shape index (κ1) is 30.6. The lowest BCUT2D eigenvalue weighted by atomic mass is 10.1. The van der Waals surface area contributed by atoms with Crippen LogP contribution in [-0.4, -0.2) is 54.9 Å². The van der Waals surface area contributed by atoms with Gasteiger partial charge in [-0.2, -0.15) is 0 Å². The fraction of sp³-hybridized carbons (Fsp3) is 0.278. The number of likely N-dealkylation sites (tertiary alicyclic amines) is 1. The Morgan fingerprint density at radius 1 is 0.844 bits per heavy atom. The number of imidazole rings is 1. The van der Waals surface area contributed by atoms with Crippen LogP contribution in [0.15, 0.2) is 108 Å². The van der Waals surface area contributed by atoms with Gasteiger partial charge in [0.1, 0.15) is 11.7 Å². The predicted molar refractivity (Wildman–Crippen MR) is 181 cm³/mol. The minimum absolute atomic E-state index is 0.0383. The fourth-order valence-electron chi connectivity index (χ4n) is 6.11. The average molecular weight is 621 g/mol. The molecule has 1 aliphatic heterocycles. The van der Waals surface area contributed by atoms with E-state index in [2.05, 4.69) is 21.6 Å². The van der Waals surface area contributed by atoms with Gasteiger partial charge < -0.3 is 15.2 Å². The van der Waals surface area contributed by atoms with Crippen molar-refractivity contribution in [1.29, 1.82) is 5.41 Å². The second kappa shape index (κ2) is 13.7. The Labute approximate surface area is 265 Å². The summed E-state index contributed by atoms with van der Waals surface area (Å²) in [7, 11) is -3.78. The highest BCUT2D eigenvalue weighted by Gasteiger charge is 2.26. The molecule has 9 heteroatoms. The number of hydrogen-bond acceptors (Lipinski definition) is 5. The van der Waals surface area contributed by atoms with E-state index in [1.165, 1.54) is 19.3 Å². The van der Waals surface area contributed by atoms with Crippen molar-refractivity contribution in [2.45, 2.75) is 43.5 Å². The predicted octanol–water partition coefficient (Wildman–Crippen LogP) is 6.03. The van der Waals surface area contributed by atoms with Crippen molar-refractivity contribution in [3.63, 3.8) is 0 Å². The summed E-state index contributed by atoms with van der Waals surface area (Å²) in [5.74, 6) is 0.917. The molecular weight excluding hydrogens is 581 g/mol. The van der Waals surface area contributed by atoms with Crippen LogP contribution in [0.3, 0.4) is 0 Å². The molecule has 3 N–H and O–H groups in total. The van der Waals surface area contributed by atoms with E-state index in [9.17, 15) is 8.42 Å². The number of benzene rings is 4. The molecule has 5 aromatic rings. The van der Waals surface area contributed by atoms with Crippen molar-refractivity contribution in [3.8, 4) is 0 Å². The van der Waals surface area contributed by atoms with Gasteiger partial charge >= 0.3 is 0 Å². The van der Waals surface area contributed by atoms with Crippen LogP contribution in [-0.2, 0) is 23.0 Å². The minimum atomic E-state index is -3.78. The van der Waals surface area contributed by atoms with Gasteiger partial charge in [0.25, 0.3) is 10.0 Å². The van der Waals surface area contributed by atoms with Gasteiger partial charge in [0.15, 0.2) is 0 Å². The summed E-state index contributed by atoms with van der Waals surface area (Å²) in [6, 6.07) is 32.5. The quantitative estimate of drug-likeness (QED) is 0.131. The summed E-state index contributed by atoms with van der Waals surface area (Å²) in [4.78, 5) is 7.81. The van der Waals surface area contributed by atoms with Crippen molar-refractivity contribution in [1.82, 2.24) is 14.5 Å². The van der Waals surface area contributed by atoms with Gasteiger partial charge in [-0.3, -0.25) is 9.71 Å². The van der Waals surface area contributed by atoms with Gasteiger partial charge in [0.05, 0.1) is 21.6 Å². The lowest BCUT2D eigenvalue weighted by molar-refractivity contribution is 0.228.